The summed E-state index contributed by atoms with van der Waals surface area (Å²) < 4.78 is 0. The van der Waals surface area contributed by atoms with Crippen LogP contribution in [-0.4, -0.2) is 11.5 Å². The Kier molecular flexibility index (Phi) is 3.00. The molecule has 1 heteroatoms. The van der Waals surface area contributed by atoms with E-state index in [2.05, 4.69) is 5.92 Å². The number of thioether (sulfide) groups is 1. The van der Waals surface area contributed by atoms with Crippen LogP contribution in [0.3, 0.4) is 0 Å². The SMILES string of the molecule is C#CCCSCC1CC1. The molecule has 0 aliphatic heterocycles. The molecule has 1 fully saturated rings. The monoisotopic (exact) mass is 140 g/mol. The van der Waals surface area contributed by atoms with Gasteiger partial charge in [0.05, 0.1) is 0 Å². The third kappa shape index (κ3) is 3.48. The summed E-state index contributed by atoms with van der Waals surface area (Å²) >= 11 is 2.01. The molecule has 1 rings (SSSR count). The van der Waals surface area contributed by atoms with Gasteiger partial charge in [-0.15, -0.1) is 12.3 Å². The third-order valence-corrected chi connectivity index (χ3v) is 2.64. The van der Waals surface area contributed by atoms with E-state index in [9.17, 15) is 0 Å². The van der Waals surface area contributed by atoms with Crippen LogP contribution >= 0.6 is 11.8 Å². The Morgan fingerprint density at radius 3 is 2.89 bits per heavy atom. The van der Waals surface area contributed by atoms with Gasteiger partial charge in [-0.2, -0.15) is 11.8 Å². The summed E-state index contributed by atoms with van der Waals surface area (Å²) in [6.07, 6.45) is 8.96. The molecule has 0 N–H and O–H groups in total. The van der Waals surface area contributed by atoms with Crippen LogP contribution in [-0.2, 0) is 0 Å². The van der Waals surface area contributed by atoms with Gasteiger partial charge in [0.2, 0.25) is 0 Å². The quantitative estimate of drug-likeness (QED) is 0.426. The van der Waals surface area contributed by atoms with Crippen LogP contribution in [0.25, 0.3) is 0 Å². The van der Waals surface area contributed by atoms with E-state index in [-0.39, 0.29) is 0 Å². The van der Waals surface area contributed by atoms with Crippen molar-refractivity contribution in [3.63, 3.8) is 0 Å². The topological polar surface area (TPSA) is 0 Å². The predicted molar refractivity (Wildman–Crippen MR) is 43.5 cm³/mol. The molecule has 0 bridgehead atoms. The summed E-state index contributed by atoms with van der Waals surface area (Å²) in [6, 6.07) is 0. The van der Waals surface area contributed by atoms with E-state index in [0.29, 0.717) is 0 Å². The lowest BCUT2D eigenvalue weighted by Crippen LogP contribution is -1.82. The van der Waals surface area contributed by atoms with Crippen molar-refractivity contribution >= 4 is 11.8 Å². The molecule has 0 aromatic heterocycles. The highest BCUT2D eigenvalue weighted by molar-refractivity contribution is 7.99. The molecule has 9 heavy (non-hydrogen) atoms. The maximum absolute atomic E-state index is 5.10. The van der Waals surface area contributed by atoms with Crippen molar-refractivity contribution in [3.8, 4) is 12.3 Å². The van der Waals surface area contributed by atoms with E-state index in [1.54, 1.807) is 0 Å². The summed E-state index contributed by atoms with van der Waals surface area (Å²) in [7, 11) is 0. The average molecular weight is 140 g/mol. The van der Waals surface area contributed by atoms with Crippen molar-refractivity contribution in [1.29, 1.82) is 0 Å². The molecule has 50 valence electrons. The average Bonchev–Trinajstić information content (AvgIpc) is 2.63. The first-order chi connectivity index (χ1) is 4.43. The van der Waals surface area contributed by atoms with Gasteiger partial charge in [-0.25, -0.2) is 0 Å². The highest BCUT2D eigenvalue weighted by Gasteiger charge is 2.20. The lowest BCUT2D eigenvalue weighted by atomic mass is 10.5. The van der Waals surface area contributed by atoms with Gasteiger partial charge in [-0.05, 0) is 24.5 Å². The zero-order valence-corrected chi connectivity index (χ0v) is 6.41. The maximum Gasteiger partial charge on any atom is 0.0177 e. The van der Waals surface area contributed by atoms with Gasteiger partial charge in [0, 0.05) is 12.2 Å². The molecule has 0 spiro atoms. The van der Waals surface area contributed by atoms with Crippen LogP contribution in [0.4, 0.5) is 0 Å². The lowest BCUT2D eigenvalue weighted by Gasteiger charge is -1.93. The van der Waals surface area contributed by atoms with Crippen molar-refractivity contribution in [2.24, 2.45) is 5.92 Å². The first-order valence-electron chi connectivity index (χ1n) is 3.44. The molecule has 0 amide bonds. The smallest absolute Gasteiger partial charge is 0.0177 e. The number of rotatable bonds is 4. The molecule has 0 nitrogen and oxygen atoms in total. The Labute approximate surface area is 61.4 Å². The molecule has 0 radical (unpaired) electrons. The molecule has 0 heterocycles. The molecule has 0 unspecified atom stereocenters. The van der Waals surface area contributed by atoms with Gasteiger partial charge >= 0.3 is 0 Å². The van der Waals surface area contributed by atoms with Crippen LogP contribution < -0.4 is 0 Å². The van der Waals surface area contributed by atoms with Crippen molar-refractivity contribution in [1.82, 2.24) is 0 Å². The molecule has 1 aliphatic carbocycles. The summed E-state index contributed by atoms with van der Waals surface area (Å²) in [4.78, 5) is 0. The lowest BCUT2D eigenvalue weighted by molar-refractivity contribution is 0.999. The van der Waals surface area contributed by atoms with Gasteiger partial charge in [0.1, 0.15) is 0 Å². The Morgan fingerprint density at radius 2 is 2.33 bits per heavy atom. The summed E-state index contributed by atoms with van der Waals surface area (Å²) in [6.45, 7) is 0. The number of terminal acetylenes is 1. The fourth-order valence-corrected chi connectivity index (χ4v) is 1.76. The minimum Gasteiger partial charge on any atom is -0.161 e. The first-order valence-corrected chi connectivity index (χ1v) is 4.60. The largest absolute Gasteiger partial charge is 0.161 e. The summed E-state index contributed by atoms with van der Waals surface area (Å²) in [5.74, 6) is 6.20. The van der Waals surface area contributed by atoms with E-state index in [4.69, 9.17) is 6.42 Å². The molecule has 0 atom stereocenters. The van der Waals surface area contributed by atoms with Crippen molar-refractivity contribution < 1.29 is 0 Å². The highest BCUT2D eigenvalue weighted by Crippen LogP contribution is 2.32. The third-order valence-electron chi connectivity index (χ3n) is 1.44. The Bertz CT molecular complexity index is 108. The normalized spacial score (nSPS) is 17.2. The molecule has 1 aliphatic rings. The molecule has 1 saturated carbocycles. The van der Waals surface area contributed by atoms with E-state index >= 15 is 0 Å². The van der Waals surface area contributed by atoms with E-state index in [1.165, 1.54) is 18.6 Å². The van der Waals surface area contributed by atoms with E-state index in [1.807, 2.05) is 11.8 Å². The zero-order valence-electron chi connectivity index (χ0n) is 5.60. The van der Waals surface area contributed by atoms with Crippen LogP contribution in [0.1, 0.15) is 19.3 Å². The van der Waals surface area contributed by atoms with Crippen LogP contribution in [0, 0.1) is 18.3 Å². The highest BCUT2D eigenvalue weighted by atomic mass is 32.2. The number of hydrogen-bond donors (Lipinski definition) is 0. The molecule has 0 saturated heterocycles. The molecule has 0 aromatic carbocycles. The second-order valence-electron chi connectivity index (χ2n) is 2.47. The molecular formula is C8H12S. The van der Waals surface area contributed by atoms with Gasteiger partial charge in [0.15, 0.2) is 0 Å². The molecule has 0 aromatic rings. The van der Waals surface area contributed by atoms with Crippen LogP contribution in [0.15, 0.2) is 0 Å². The maximum atomic E-state index is 5.10. The van der Waals surface area contributed by atoms with Crippen LogP contribution in [0.5, 0.6) is 0 Å². The van der Waals surface area contributed by atoms with Crippen molar-refractivity contribution in [2.75, 3.05) is 11.5 Å². The molecular weight excluding hydrogens is 128 g/mol. The minimum absolute atomic E-state index is 0.942. The van der Waals surface area contributed by atoms with Gasteiger partial charge in [0.25, 0.3) is 0 Å². The van der Waals surface area contributed by atoms with E-state index in [0.717, 1.165) is 18.1 Å². The fourth-order valence-electron chi connectivity index (χ4n) is 0.666. The van der Waals surface area contributed by atoms with Crippen LogP contribution in [0.2, 0.25) is 0 Å². The second-order valence-corrected chi connectivity index (χ2v) is 3.62. The standard InChI is InChI=1S/C8H12S/c1-2-3-6-9-7-8-4-5-8/h1,8H,3-7H2. The Balaban J connectivity index is 1.77. The fraction of sp³-hybridized carbons (Fsp3) is 0.750. The van der Waals surface area contributed by atoms with Crippen molar-refractivity contribution in [3.05, 3.63) is 0 Å². The van der Waals surface area contributed by atoms with Crippen molar-refractivity contribution in [2.45, 2.75) is 19.3 Å². The number of hydrogen-bond acceptors (Lipinski definition) is 1. The summed E-state index contributed by atoms with van der Waals surface area (Å²) in [5, 5.41) is 0. The Hall–Kier alpha value is -0.0900. The second kappa shape index (κ2) is 3.85. The van der Waals surface area contributed by atoms with Gasteiger partial charge < -0.3 is 0 Å². The minimum atomic E-state index is 0.942. The van der Waals surface area contributed by atoms with Gasteiger partial charge in [-0.1, -0.05) is 0 Å². The first kappa shape index (κ1) is 7.02. The summed E-state index contributed by atoms with van der Waals surface area (Å²) in [5.41, 5.74) is 0. The zero-order chi connectivity index (χ0) is 6.53. The predicted octanol–water partition coefficient (Wildman–Crippen LogP) is 2.15. The van der Waals surface area contributed by atoms with E-state index < -0.39 is 0 Å². The van der Waals surface area contributed by atoms with Gasteiger partial charge in [-0.3, -0.25) is 0 Å². The Morgan fingerprint density at radius 1 is 1.56 bits per heavy atom.